The van der Waals surface area contributed by atoms with Crippen LogP contribution < -0.4 is 0 Å². The molecule has 6 nitrogen and oxygen atoms in total. The highest BCUT2D eigenvalue weighted by Crippen LogP contribution is 2.06. The molecule has 1 amide bonds. The Hall–Kier alpha value is -1.66. The number of aliphatic hydroxyl groups is 2. The van der Waals surface area contributed by atoms with Crippen molar-refractivity contribution in [1.29, 1.82) is 0 Å². The van der Waals surface area contributed by atoms with Gasteiger partial charge in [-0.25, -0.2) is 0 Å². The second-order valence-corrected chi connectivity index (χ2v) is 3.58. The molecular formula is C11H16N2O4. The van der Waals surface area contributed by atoms with Gasteiger partial charge in [0, 0.05) is 20.0 Å². The molecule has 94 valence electrons. The van der Waals surface area contributed by atoms with Crippen molar-refractivity contribution in [1.82, 2.24) is 9.88 Å². The molecule has 0 atom stereocenters. The third kappa shape index (κ3) is 3.40. The molecule has 0 aliphatic carbocycles. The lowest BCUT2D eigenvalue weighted by molar-refractivity contribution is 0.0679. The van der Waals surface area contributed by atoms with Crippen molar-refractivity contribution in [2.75, 3.05) is 26.3 Å². The minimum Gasteiger partial charge on any atom is -0.395 e. The molecule has 0 spiro atoms. The van der Waals surface area contributed by atoms with Crippen LogP contribution in [0.5, 0.6) is 0 Å². The predicted molar refractivity (Wildman–Crippen MR) is 60.9 cm³/mol. The van der Waals surface area contributed by atoms with Gasteiger partial charge in [0.25, 0.3) is 5.91 Å². The average molecular weight is 240 g/mol. The van der Waals surface area contributed by atoms with Crippen LogP contribution in [0.25, 0.3) is 0 Å². The van der Waals surface area contributed by atoms with Crippen LogP contribution in [0.2, 0.25) is 0 Å². The van der Waals surface area contributed by atoms with E-state index in [4.69, 9.17) is 10.2 Å². The summed E-state index contributed by atoms with van der Waals surface area (Å²) in [6, 6.07) is 3.05. The van der Waals surface area contributed by atoms with Gasteiger partial charge in [0.1, 0.15) is 5.69 Å². The van der Waals surface area contributed by atoms with E-state index in [0.717, 1.165) is 0 Å². The number of aromatic amines is 1. The maximum absolute atomic E-state index is 11.9. The molecule has 0 bridgehead atoms. The number of ketones is 1. The monoisotopic (exact) mass is 240 g/mol. The summed E-state index contributed by atoms with van der Waals surface area (Å²) in [6.45, 7) is 1.35. The van der Waals surface area contributed by atoms with Crippen molar-refractivity contribution in [3.8, 4) is 0 Å². The van der Waals surface area contributed by atoms with Gasteiger partial charge < -0.3 is 20.1 Å². The third-order valence-electron chi connectivity index (χ3n) is 2.32. The first kappa shape index (κ1) is 13.4. The lowest BCUT2D eigenvalue weighted by Gasteiger charge is -2.19. The lowest BCUT2D eigenvalue weighted by atomic mass is 10.3. The number of carbonyl (C=O) groups is 2. The molecule has 0 saturated carbocycles. The van der Waals surface area contributed by atoms with Gasteiger partial charge in [-0.2, -0.15) is 0 Å². The SMILES string of the molecule is CC(=O)c1ccc(C(=O)N(CCO)CCO)[nH]1. The molecule has 0 radical (unpaired) electrons. The molecule has 0 aliphatic rings. The first-order chi connectivity index (χ1) is 8.10. The number of carbonyl (C=O) groups excluding carboxylic acids is 2. The highest BCUT2D eigenvalue weighted by molar-refractivity contribution is 5.97. The normalized spacial score (nSPS) is 10.3. The molecule has 1 aromatic heterocycles. The molecule has 0 aromatic carbocycles. The molecule has 0 aliphatic heterocycles. The Morgan fingerprint density at radius 3 is 2.12 bits per heavy atom. The fourth-order valence-corrected chi connectivity index (χ4v) is 1.45. The van der Waals surface area contributed by atoms with Gasteiger partial charge in [0.05, 0.1) is 18.9 Å². The Labute approximate surface area is 98.9 Å². The van der Waals surface area contributed by atoms with Crippen LogP contribution in [-0.2, 0) is 0 Å². The summed E-state index contributed by atoms with van der Waals surface area (Å²) in [5.41, 5.74) is 0.637. The average Bonchev–Trinajstić information content (AvgIpc) is 2.77. The van der Waals surface area contributed by atoms with Gasteiger partial charge in [0.15, 0.2) is 5.78 Å². The number of hydrogen-bond acceptors (Lipinski definition) is 4. The first-order valence-corrected chi connectivity index (χ1v) is 5.31. The standard InChI is InChI=1S/C11H16N2O4/c1-8(16)9-2-3-10(12-9)11(17)13(4-6-14)5-7-15/h2-3,12,14-15H,4-7H2,1H3. The van der Waals surface area contributed by atoms with E-state index in [-0.39, 0.29) is 43.7 Å². The second kappa shape index (κ2) is 6.17. The Morgan fingerprint density at radius 1 is 1.18 bits per heavy atom. The van der Waals surface area contributed by atoms with Crippen molar-refractivity contribution >= 4 is 11.7 Å². The molecule has 3 N–H and O–H groups in total. The van der Waals surface area contributed by atoms with E-state index < -0.39 is 0 Å². The summed E-state index contributed by atoms with van der Waals surface area (Å²) in [5, 5.41) is 17.6. The van der Waals surface area contributed by atoms with Gasteiger partial charge in [-0.15, -0.1) is 0 Å². The van der Waals surface area contributed by atoms with Crippen molar-refractivity contribution in [2.45, 2.75) is 6.92 Å². The van der Waals surface area contributed by atoms with Gasteiger partial charge in [-0.05, 0) is 12.1 Å². The van der Waals surface area contributed by atoms with Gasteiger partial charge in [-0.1, -0.05) is 0 Å². The number of Topliss-reactive ketones (excluding diaryl/α,β-unsaturated/α-hetero) is 1. The zero-order valence-corrected chi connectivity index (χ0v) is 9.64. The smallest absolute Gasteiger partial charge is 0.270 e. The van der Waals surface area contributed by atoms with Crippen LogP contribution >= 0.6 is 0 Å². The summed E-state index contributed by atoms with van der Waals surface area (Å²) in [6.07, 6.45) is 0. The minimum atomic E-state index is -0.347. The molecule has 1 rings (SSSR count). The molecular weight excluding hydrogens is 224 g/mol. The quantitative estimate of drug-likeness (QED) is 0.592. The van der Waals surface area contributed by atoms with Crippen molar-refractivity contribution < 1.29 is 19.8 Å². The number of nitrogens with zero attached hydrogens (tertiary/aromatic N) is 1. The summed E-state index contributed by atoms with van der Waals surface area (Å²) >= 11 is 0. The number of aromatic nitrogens is 1. The summed E-state index contributed by atoms with van der Waals surface area (Å²) in [7, 11) is 0. The number of amides is 1. The minimum absolute atomic E-state index is 0.147. The topological polar surface area (TPSA) is 93.6 Å². The molecule has 1 aromatic rings. The molecule has 6 heteroatoms. The summed E-state index contributed by atoms with van der Waals surface area (Å²) in [5.74, 6) is -0.500. The summed E-state index contributed by atoms with van der Waals surface area (Å²) in [4.78, 5) is 27.0. The fraction of sp³-hybridized carbons (Fsp3) is 0.455. The van der Waals surface area contributed by atoms with Gasteiger partial charge in [0.2, 0.25) is 0 Å². The maximum Gasteiger partial charge on any atom is 0.270 e. The Kier molecular flexibility index (Phi) is 4.86. The van der Waals surface area contributed by atoms with Crippen LogP contribution in [0, 0.1) is 0 Å². The molecule has 0 unspecified atom stereocenters. The number of hydrogen-bond donors (Lipinski definition) is 3. The van der Waals surface area contributed by atoms with E-state index in [1.165, 1.54) is 24.0 Å². The zero-order valence-electron chi connectivity index (χ0n) is 9.64. The third-order valence-corrected chi connectivity index (χ3v) is 2.32. The zero-order chi connectivity index (χ0) is 12.8. The highest BCUT2D eigenvalue weighted by atomic mass is 16.3. The van der Waals surface area contributed by atoms with E-state index in [2.05, 4.69) is 4.98 Å². The summed E-state index contributed by atoms with van der Waals surface area (Å²) < 4.78 is 0. The van der Waals surface area contributed by atoms with Crippen LogP contribution in [0.1, 0.15) is 27.9 Å². The Morgan fingerprint density at radius 2 is 1.71 bits per heavy atom. The number of rotatable bonds is 6. The fourth-order valence-electron chi connectivity index (χ4n) is 1.45. The highest BCUT2D eigenvalue weighted by Gasteiger charge is 2.17. The van der Waals surface area contributed by atoms with Crippen molar-refractivity contribution in [3.05, 3.63) is 23.5 Å². The Balaban J connectivity index is 2.81. The van der Waals surface area contributed by atoms with Crippen LogP contribution in [0.3, 0.4) is 0 Å². The second-order valence-electron chi connectivity index (χ2n) is 3.58. The van der Waals surface area contributed by atoms with Gasteiger partial charge in [-0.3, -0.25) is 9.59 Å². The van der Waals surface area contributed by atoms with E-state index in [9.17, 15) is 9.59 Å². The van der Waals surface area contributed by atoms with Crippen LogP contribution in [0.15, 0.2) is 12.1 Å². The molecule has 0 fully saturated rings. The lowest BCUT2D eigenvalue weighted by Crippen LogP contribution is -2.36. The van der Waals surface area contributed by atoms with E-state index in [1.54, 1.807) is 0 Å². The number of H-pyrrole nitrogens is 1. The van der Waals surface area contributed by atoms with Crippen molar-refractivity contribution in [2.24, 2.45) is 0 Å². The first-order valence-electron chi connectivity index (χ1n) is 5.31. The van der Waals surface area contributed by atoms with E-state index in [1.807, 2.05) is 0 Å². The van der Waals surface area contributed by atoms with E-state index >= 15 is 0 Å². The van der Waals surface area contributed by atoms with Crippen molar-refractivity contribution in [3.63, 3.8) is 0 Å². The van der Waals surface area contributed by atoms with Crippen LogP contribution in [0.4, 0.5) is 0 Å². The van der Waals surface area contributed by atoms with Crippen LogP contribution in [-0.4, -0.2) is 58.1 Å². The van der Waals surface area contributed by atoms with Gasteiger partial charge >= 0.3 is 0 Å². The molecule has 1 heterocycles. The maximum atomic E-state index is 11.9. The predicted octanol–water partition coefficient (Wildman–Crippen LogP) is -0.356. The number of nitrogens with one attached hydrogen (secondary N) is 1. The molecule has 17 heavy (non-hydrogen) atoms. The molecule has 0 saturated heterocycles. The largest absolute Gasteiger partial charge is 0.395 e. The number of aliphatic hydroxyl groups excluding tert-OH is 2. The Bertz CT molecular complexity index is 394. The van der Waals surface area contributed by atoms with E-state index in [0.29, 0.717) is 5.69 Å².